The Morgan fingerprint density at radius 1 is 0.977 bits per heavy atom. The van der Waals surface area contributed by atoms with Crippen molar-refractivity contribution in [3.8, 4) is 23.1 Å². The van der Waals surface area contributed by atoms with E-state index in [0.29, 0.717) is 34.3 Å². The fourth-order valence-corrected chi connectivity index (χ4v) is 4.88. The number of amides is 2. The number of nitrogens with zero attached hydrogens (tertiary/aromatic N) is 5. The van der Waals surface area contributed by atoms with Gasteiger partial charge in [-0.15, -0.1) is 10.2 Å². The second-order valence-electron chi connectivity index (χ2n) is 11.1. The van der Waals surface area contributed by atoms with Gasteiger partial charge in [0.2, 0.25) is 11.7 Å². The zero-order chi connectivity index (χ0) is 30.7. The number of carbonyl (C=O) groups excluding carboxylic acids is 2. The summed E-state index contributed by atoms with van der Waals surface area (Å²) in [7, 11) is 3.06. The molecule has 11 nitrogen and oxygen atoms in total. The number of nitrogens with one attached hydrogen (secondary N) is 1. The first-order chi connectivity index (χ1) is 20.6. The van der Waals surface area contributed by atoms with Crippen molar-refractivity contribution in [1.82, 2.24) is 25.5 Å². The number of rotatable bonds is 9. The van der Waals surface area contributed by atoms with Crippen LogP contribution in [0.4, 0.5) is 5.69 Å². The molecule has 1 atom stereocenters. The lowest BCUT2D eigenvalue weighted by atomic mass is 9.98. The first-order valence-corrected chi connectivity index (χ1v) is 13.8. The van der Waals surface area contributed by atoms with E-state index in [9.17, 15) is 9.59 Å². The summed E-state index contributed by atoms with van der Waals surface area (Å²) in [5, 5.41) is 17.3. The highest BCUT2D eigenvalue weighted by Crippen LogP contribution is 2.37. The lowest BCUT2D eigenvalue weighted by Crippen LogP contribution is -2.50. The summed E-state index contributed by atoms with van der Waals surface area (Å²) >= 11 is 0. The zero-order valence-corrected chi connectivity index (χ0v) is 25.0. The molecule has 0 bridgehead atoms. The number of carbonyl (C=O) groups is 2. The normalized spacial score (nSPS) is 12.1. The van der Waals surface area contributed by atoms with Crippen LogP contribution in [0.25, 0.3) is 22.4 Å². The highest BCUT2D eigenvalue weighted by Gasteiger charge is 2.36. The minimum atomic E-state index is -1.09. The van der Waals surface area contributed by atoms with Gasteiger partial charge in [0.1, 0.15) is 18.3 Å². The molecule has 2 aromatic heterocycles. The van der Waals surface area contributed by atoms with Crippen molar-refractivity contribution in [2.24, 2.45) is 0 Å². The maximum atomic E-state index is 14.4. The van der Waals surface area contributed by atoms with Crippen LogP contribution in [0.5, 0.6) is 11.5 Å². The lowest BCUT2D eigenvalue weighted by molar-refractivity contribution is -0.128. The van der Waals surface area contributed by atoms with Gasteiger partial charge < -0.3 is 19.2 Å². The van der Waals surface area contributed by atoms with Crippen molar-refractivity contribution in [3.63, 3.8) is 0 Å². The largest absolute Gasteiger partial charge is 0.493 e. The van der Waals surface area contributed by atoms with Gasteiger partial charge in [-0.1, -0.05) is 42.5 Å². The topological polar surface area (TPSA) is 125 Å². The Balaban J connectivity index is 1.65. The number of hydrogen-bond donors (Lipinski definition) is 1. The Morgan fingerprint density at radius 3 is 2.42 bits per heavy atom. The molecular formula is C32H34N6O5. The fraction of sp³-hybridized carbons (Fsp3) is 0.281. The summed E-state index contributed by atoms with van der Waals surface area (Å²) in [6, 6.07) is 21.0. The van der Waals surface area contributed by atoms with Gasteiger partial charge in [-0.05, 0) is 74.2 Å². The monoisotopic (exact) mass is 582 g/mol. The van der Waals surface area contributed by atoms with Crippen LogP contribution in [-0.2, 0) is 16.1 Å². The second kappa shape index (κ2) is 12.0. The van der Waals surface area contributed by atoms with Crippen LogP contribution in [0.3, 0.4) is 0 Å². The fourth-order valence-electron chi connectivity index (χ4n) is 4.88. The number of ether oxygens (including phenoxy) is 2. The van der Waals surface area contributed by atoms with Crippen LogP contribution in [0, 0.1) is 6.92 Å². The highest BCUT2D eigenvalue weighted by molar-refractivity contribution is 6.08. The molecule has 5 aromatic rings. The van der Waals surface area contributed by atoms with E-state index in [1.54, 1.807) is 30.3 Å². The van der Waals surface area contributed by atoms with Crippen LogP contribution >= 0.6 is 0 Å². The van der Waals surface area contributed by atoms with Crippen LogP contribution in [0.15, 0.2) is 77.2 Å². The van der Waals surface area contributed by atoms with Gasteiger partial charge in [-0.2, -0.15) is 4.80 Å². The number of anilines is 1. The van der Waals surface area contributed by atoms with E-state index >= 15 is 0 Å². The molecule has 222 valence electrons. The number of tetrazole rings is 1. The number of aryl methyl sites for hydroxylation is 1. The number of benzene rings is 3. The van der Waals surface area contributed by atoms with Crippen molar-refractivity contribution in [1.29, 1.82) is 0 Å². The molecule has 0 aliphatic heterocycles. The standard InChI is InChI=1S/C32H34N6O5/c1-20-14-16-26(43-20)30-34-36-37(35-30)19-28(39)38(24-13-9-11-21-10-7-8-12-23(21)24)29(31(40)33-32(2,3)4)22-15-17-25(41-5)27(18-22)42-6/h7-18,29H,19H2,1-6H3,(H,33,40)/t29-/m0/s1. The van der Waals surface area contributed by atoms with Crippen molar-refractivity contribution >= 4 is 28.3 Å². The first kappa shape index (κ1) is 29.3. The molecular weight excluding hydrogens is 548 g/mol. The Morgan fingerprint density at radius 2 is 1.72 bits per heavy atom. The molecule has 0 saturated carbocycles. The quantitative estimate of drug-likeness (QED) is 0.255. The summed E-state index contributed by atoms with van der Waals surface area (Å²) in [5.74, 6) is 1.51. The second-order valence-corrected chi connectivity index (χ2v) is 11.1. The predicted octanol–water partition coefficient (Wildman–Crippen LogP) is 5.10. The molecule has 0 aliphatic carbocycles. The van der Waals surface area contributed by atoms with Crippen LogP contribution in [0.2, 0.25) is 0 Å². The van der Waals surface area contributed by atoms with Crippen molar-refractivity contribution in [2.75, 3.05) is 19.1 Å². The Labute approximate surface area is 249 Å². The molecule has 0 radical (unpaired) electrons. The molecule has 43 heavy (non-hydrogen) atoms. The van der Waals surface area contributed by atoms with Crippen LogP contribution in [0.1, 0.15) is 38.1 Å². The third-order valence-corrected chi connectivity index (χ3v) is 6.71. The van der Waals surface area contributed by atoms with Gasteiger partial charge in [0, 0.05) is 10.9 Å². The van der Waals surface area contributed by atoms with E-state index < -0.39 is 17.5 Å². The summed E-state index contributed by atoms with van der Waals surface area (Å²) < 4.78 is 16.6. The summed E-state index contributed by atoms with van der Waals surface area (Å²) in [6.07, 6.45) is 0. The third kappa shape index (κ3) is 6.35. The minimum absolute atomic E-state index is 0.250. The molecule has 0 spiro atoms. The number of furan rings is 1. The van der Waals surface area contributed by atoms with E-state index in [2.05, 4.69) is 20.7 Å². The zero-order valence-electron chi connectivity index (χ0n) is 25.0. The average Bonchev–Trinajstić information content (AvgIpc) is 3.63. The minimum Gasteiger partial charge on any atom is -0.493 e. The molecule has 2 amide bonds. The Bertz CT molecular complexity index is 1760. The molecule has 0 saturated heterocycles. The summed E-state index contributed by atoms with van der Waals surface area (Å²) in [6.45, 7) is 7.19. The highest BCUT2D eigenvalue weighted by atomic mass is 16.5. The predicted molar refractivity (Wildman–Crippen MR) is 162 cm³/mol. The number of aromatic nitrogens is 4. The average molecular weight is 583 g/mol. The van der Waals surface area contributed by atoms with Gasteiger partial charge in [-0.25, -0.2) is 0 Å². The molecule has 0 aliphatic rings. The SMILES string of the molecule is COc1ccc([C@@H](C(=O)NC(C)(C)C)N(C(=O)Cn2nnc(-c3ccc(C)o3)n2)c2cccc3ccccc23)cc1OC. The van der Waals surface area contributed by atoms with Crippen LogP contribution < -0.4 is 19.7 Å². The number of fused-ring (bicyclic) bond motifs is 1. The molecule has 11 heteroatoms. The Kier molecular flexibility index (Phi) is 8.16. The summed E-state index contributed by atoms with van der Waals surface area (Å²) in [5.41, 5.74) is 0.496. The van der Waals surface area contributed by atoms with E-state index in [0.717, 1.165) is 10.8 Å². The summed E-state index contributed by atoms with van der Waals surface area (Å²) in [4.78, 5) is 31.3. The smallest absolute Gasteiger partial charge is 0.251 e. The van der Waals surface area contributed by atoms with Crippen molar-refractivity contribution in [3.05, 3.63) is 84.1 Å². The van der Waals surface area contributed by atoms with Crippen molar-refractivity contribution in [2.45, 2.75) is 45.8 Å². The number of methoxy groups -OCH3 is 2. The molecule has 1 N–H and O–H groups in total. The van der Waals surface area contributed by atoms with E-state index in [4.69, 9.17) is 13.9 Å². The van der Waals surface area contributed by atoms with E-state index in [1.165, 1.54) is 23.9 Å². The van der Waals surface area contributed by atoms with Gasteiger partial charge in [-0.3, -0.25) is 14.5 Å². The van der Waals surface area contributed by atoms with Crippen molar-refractivity contribution < 1.29 is 23.5 Å². The molecule has 3 aromatic carbocycles. The third-order valence-electron chi connectivity index (χ3n) is 6.71. The van der Waals surface area contributed by atoms with Gasteiger partial charge in [0.15, 0.2) is 17.3 Å². The van der Waals surface area contributed by atoms with Gasteiger partial charge in [0.25, 0.3) is 5.91 Å². The first-order valence-electron chi connectivity index (χ1n) is 13.8. The maximum absolute atomic E-state index is 14.4. The van der Waals surface area contributed by atoms with Gasteiger partial charge >= 0.3 is 0 Å². The molecule has 0 fully saturated rings. The van der Waals surface area contributed by atoms with E-state index in [1.807, 2.05) is 70.2 Å². The molecule has 2 heterocycles. The maximum Gasteiger partial charge on any atom is 0.251 e. The molecule has 0 unspecified atom stereocenters. The molecule has 5 rings (SSSR count). The Hall–Kier alpha value is -5.19. The van der Waals surface area contributed by atoms with Gasteiger partial charge in [0.05, 0.1) is 19.9 Å². The lowest BCUT2D eigenvalue weighted by Gasteiger charge is -2.34. The van der Waals surface area contributed by atoms with E-state index in [-0.39, 0.29) is 18.3 Å². The van der Waals surface area contributed by atoms with Crippen LogP contribution in [-0.4, -0.2) is 51.8 Å². The number of hydrogen-bond acceptors (Lipinski definition) is 8.